The summed E-state index contributed by atoms with van der Waals surface area (Å²) in [6, 6.07) is 0. The molecule has 0 aromatic carbocycles. The predicted octanol–water partition coefficient (Wildman–Crippen LogP) is 1.14. The zero-order valence-electron chi connectivity index (χ0n) is 9.92. The van der Waals surface area contributed by atoms with Gasteiger partial charge in [0.25, 0.3) is 0 Å². The fourth-order valence-corrected chi connectivity index (χ4v) is 2.30. The van der Waals surface area contributed by atoms with Crippen LogP contribution in [0, 0.1) is 10.1 Å². The maximum atomic E-state index is 11.3. The minimum Gasteiger partial charge on any atom is -0.480 e. The number of nitro groups is 1. The summed E-state index contributed by atoms with van der Waals surface area (Å²) in [5.41, 5.74) is -1.33. The van der Waals surface area contributed by atoms with Crippen molar-refractivity contribution in [3.63, 3.8) is 0 Å². The molecule has 1 fully saturated rings. The monoisotopic (exact) mass is 254 g/mol. The molecule has 8 nitrogen and oxygen atoms in total. The number of hydrogen-bond donors (Lipinski definition) is 2. The summed E-state index contributed by atoms with van der Waals surface area (Å²) in [5, 5.41) is 26.8. The molecule has 0 bridgehead atoms. The van der Waals surface area contributed by atoms with Gasteiger partial charge in [-0.1, -0.05) is 12.8 Å². The lowest BCUT2D eigenvalue weighted by Gasteiger charge is -2.24. The van der Waals surface area contributed by atoms with E-state index in [0.29, 0.717) is 12.8 Å². The Kier molecular flexibility index (Phi) is 2.93. The average Bonchev–Trinajstić information content (AvgIpc) is 2.86. The van der Waals surface area contributed by atoms with Crippen molar-refractivity contribution in [3.05, 3.63) is 16.3 Å². The van der Waals surface area contributed by atoms with Crippen LogP contribution in [0.15, 0.2) is 6.20 Å². The molecule has 0 radical (unpaired) electrons. The fourth-order valence-electron chi connectivity index (χ4n) is 2.30. The molecule has 98 valence electrons. The number of aliphatic carboxylic acids is 1. The molecule has 0 atom stereocenters. The molecule has 18 heavy (non-hydrogen) atoms. The number of carboxylic acid groups (broad SMARTS) is 1. The zero-order chi connectivity index (χ0) is 13.3. The summed E-state index contributed by atoms with van der Waals surface area (Å²) in [6.07, 6.45) is 3.75. The number of anilines is 1. The first-order valence-corrected chi connectivity index (χ1v) is 5.64. The maximum Gasteiger partial charge on any atom is 0.330 e. The first-order valence-electron chi connectivity index (χ1n) is 5.64. The van der Waals surface area contributed by atoms with Gasteiger partial charge >= 0.3 is 11.7 Å². The lowest BCUT2D eigenvalue weighted by atomic mass is 9.98. The largest absolute Gasteiger partial charge is 0.480 e. The van der Waals surface area contributed by atoms with Crippen molar-refractivity contribution >= 4 is 17.5 Å². The van der Waals surface area contributed by atoms with Crippen LogP contribution in [0.2, 0.25) is 0 Å². The third-order valence-corrected chi connectivity index (χ3v) is 3.23. The summed E-state index contributed by atoms with van der Waals surface area (Å²) in [5.74, 6) is -0.966. The maximum absolute atomic E-state index is 11.3. The van der Waals surface area contributed by atoms with E-state index in [0.717, 1.165) is 12.8 Å². The second kappa shape index (κ2) is 4.28. The molecule has 8 heteroatoms. The van der Waals surface area contributed by atoms with Crippen LogP contribution in [0.4, 0.5) is 11.5 Å². The number of hydrogen-bond acceptors (Lipinski definition) is 5. The van der Waals surface area contributed by atoms with Crippen LogP contribution in [-0.2, 0) is 11.8 Å². The fraction of sp³-hybridized carbons (Fsp3) is 0.600. The standard InChI is InChI=1S/C10H14N4O4/c1-13-6-7(14(17)18)8(12-13)11-10(9(15)16)4-2-3-5-10/h6H,2-5H2,1H3,(H,11,12)(H,15,16). The Morgan fingerprint density at radius 3 is 2.72 bits per heavy atom. The van der Waals surface area contributed by atoms with E-state index in [9.17, 15) is 20.0 Å². The van der Waals surface area contributed by atoms with Gasteiger partial charge in [0.15, 0.2) is 0 Å². The van der Waals surface area contributed by atoms with Crippen molar-refractivity contribution < 1.29 is 14.8 Å². The topological polar surface area (TPSA) is 110 Å². The van der Waals surface area contributed by atoms with E-state index in [4.69, 9.17) is 0 Å². The predicted molar refractivity (Wildman–Crippen MR) is 62.3 cm³/mol. The highest BCUT2D eigenvalue weighted by atomic mass is 16.6. The van der Waals surface area contributed by atoms with Crippen LogP contribution in [-0.4, -0.2) is 31.3 Å². The molecule has 1 saturated carbocycles. The van der Waals surface area contributed by atoms with E-state index in [1.54, 1.807) is 7.05 Å². The van der Waals surface area contributed by atoms with Gasteiger partial charge in [-0.2, -0.15) is 0 Å². The van der Waals surface area contributed by atoms with Crippen LogP contribution < -0.4 is 5.32 Å². The molecule has 1 aromatic rings. The van der Waals surface area contributed by atoms with Crippen molar-refractivity contribution in [2.24, 2.45) is 7.05 Å². The highest BCUT2D eigenvalue weighted by Gasteiger charge is 2.43. The SMILES string of the molecule is Cn1cc([N+](=O)[O-])c(NC2(C(=O)O)CCCC2)n1. The lowest BCUT2D eigenvalue weighted by molar-refractivity contribution is -0.384. The Balaban J connectivity index is 2.32. The Labute approximate surface area is 103 Å². The Morgan fingerprint density at radius 1 is 1.61 bits per heavy atom. The third kappa shape index (κ3) is 2.01. The minimum atomic E-state index is -1.13. The number of nitrogens with zero attached hydrogens (tertiary/aromatic N) is 3. The number of rotatable bonds is 4. The quantitative estimate of drug-likeness (QED) is 0.615. The molecule has 1 heterocycles. The Hall–Kier alpha value is -2.12. The highest BCUT2D eigenvalue weighted by molar-refractivity contribution is 5.83. The molecule has 1 aliphatic carbocycles. The Bertz CT molecular complexity index is 490. The summed E-state index contributed by atoms with van der Waals surface area (Å²) < 4.78 is 1.30. The van der Waals surface area contributed by atoms with Gasteiger partial charge in [-0.15, -0.1) is 5.10 Å². The molecular formula is C10H14N4O4. The van der Waals surface area contributed by atoms with Crippen molar-refractivity contribution in [2.45, 2.75) is 31.2 Å². The molecule has 0 spiro atoms. The lowest BCUT2D eigenvalue weighted by Crippen LogP contribution is -2.43. The Morgan fingerprint density at radius 2 is 2.22 bits per heavy atom. The molecule has 2 N–H and O–H groups in total. The van der Waals surface area contributed by atoms with Gasteiger partial charge < -0.3 is 10.4 Å². The van der Waals surface area contributed by atoms with Crippen LogP contribution in [0.3, 0.4) is 0 Å². The van der Waals surface area contributed by atoms with Crippen LogP contribution in [0.5, 0.6) is 0 Å². The molecule has 0 unspecified atom stereocenters. The van der Waals surface area contributed by atoms with Gasteiger partial charge in [0.05, 0.1) is 4.92 Å². The van der Waals surface area contributed by atoms with E-state index >= 15 is 0 Å². The van der Waals surface area contributed by atoms with Gasteiger partial charge in [-0.25, -0.2) is 4.79 Å². The molecule has 1 aromatic heterocycles. The number of nitrogens with one attached hydrogen (secondary N) is 1. The van der Waals surface area contributed by atoms with Gasteiger partial charge in [0.1, 0.15) is 11.7 Å². The van der Waals surface area contributed by atoms with E-state index in [1.165, 1.54) is 10.9 Å². The zero-order valence-corrected chi connectivity index (χ0v) is 9.92. The van der Waals surface area contributed by atoms with Crippen molar-refractivity contribution in [2.75, 3.05) is 5.32 Å². The molecule has 0 saturated heterocycles. The number of aryl methyl sites for hydroxylation is 1. The van der Waals surface area contributed by atoms with Gasteiger partial charge in [-0.05, 0) is 12.8 Å². The molecular weight excluding hydrogens is 240 g/mol. The average molecular weight is 254 g/mol. The molecule has 2 rings (SSSR count). The van der Waals surface area contributed by atoms with E-state index in [-0.39, 0.29) is 11.5 Å². The van der Waals surface area contributed by atoms with Crippen molar-refractivity contribution in [1.82, 2.24) is 9.78 Å². The molecule has 0 aliphatic heterocycles. The van der Waals surface area contributed by atoms with Gasteiger partial charge in [0, 0.05) is 7.05 Å². The minimum absolute atomic E-state index is 0.0202. The third-order valence-electron chi connectivity index (χ3n) is 3.23. The van der Waals surface area contributed by atoms with E-state index in [1.807, 2.05) is 0 Å². The highest BCUT2D eigenvalue weighted by Crippen LogP contribution is 2.35. The first kappa shape index (κ1) is 12.3. The van der Waals surface area contributed by atoms with Crippen LogP contribution in [0.25, 0.3) is 0 Å². The van der Waals surface area contributed by atoms with E-state index in [2.05, 4.69) is 10.4 Å². The number of carboxylic acids is 1. The second-order valence-electron chi connectivity index (χ2n) is 4.51. The first-order chi connectivity index (χ1) is 8.44. The van der Waals surface area contributed by atoms with E-state index < -0.39 is 16.4 Å². The summed E-state index contributed by atoms with van der Waals surface area (Å²) in [7, 11) is 1.56. The normalized spacial score (nSPS) is 17.6. The van der Waals surface area contributed by atoms with Crippen LogP contribution in [0.1, 0.15) is 25.7 Å². The molecule has 0 amide bonds. The molecule has 1 aliphatic rings. The number of aromatic nitrogens is 2. The second-order valence-corrected chi connectivity index (χ2v) is 4.51. The smallest absolute Gasteiger partial charge is 0.330 e. The summed E-state index contributed by atoms with van der Waals surface area (Å²) >= 11 is 0. The van der Waals surface area contributed by atoms with Gasteiger partial charge in [-0.3, -0.25) is 14.8 Å². The summed E-state index contributed by atoms with van der Waals surface area (Å²) in [4.78, 5) is 21.6. The van der Waals surface area contributed by atoms with Gasteiger partial charge in [0.2, 0.25) is 5.82 Å². The van der Waals surface area contributed by atoms with Crippen LogP contribution >= 0.6 is 0 Å². The number of carbonyl (C=O) groups is 1. The summed E-state index contributed by atoms with van der Waals surface area (Å²) in [6.45, 7) is 0. The van der Waals surface area contributed by atoms with Crippen molar-refractivity contribution in [3.8, 4) is 0 Å². The van der Waals surface area contributed by atoms with Crippen molar-refractivity contribution in [1.29, 1.82) is 0 Å².